The summed E-state index contributed by atoms with van der Waals surface area (Å²) in [5, 5.41) is 3.20. The van der Waals surface area contributed by atoms with Crippen LogP contribution < -0.4 is 14.8 Å². The minimum Gasteiger partial charge on any atom is -0.490 e. The van der Waals surface area contributed by atoms with Crippen molar-refractivity contribution in [2.75, 3.05) is 6.61 Å². The van der Waals surface area contributed by atoms with Crippen molar-refractivity contribution in [1.29, 1.82) is 0 Å². The molecule has 1 aromatic carbocycles. The molecule has 0 spiro atoms. The number of rotatable bonds is 7. The molecule has 154 valence electrons. The number of ether oxygens (including phenoxy) is 2. The molecule has 0 heterocycles. The van der Waals surface area contributed by atoms with Crippen LogP contribution in [0.5, 0.6) is 11.5 Å². The fourth-order valence-corrected chi connectivity index (χ4v) is 6.25. The Hall–Kier alpha value is -1.85. The zero-order valence-corrected chi connectivity index (χ0v) is 16.5. The fourth-order valence-electron chi connectivity index (χ4n) is 6.25. The van der Waals surface area contributed by atoms with Crippen molar-refractivity contribution in [3.05, 3.63) is 23.8 Å². The molecule has 0 saturated heterocycles. The van der Waals surface area contributed by atoms with Gasteiger partial charge in [0.15, 0.2) is 11.5 Å². The van der Waals surface area contributed by atoms with E-state index in [0.717, 1.165) is 17.8 Å². The van der Waals surface area contributed by atoms with E-state index in [0.29, 0.717) is 12.2 Å². The van der Waals surface area contributed by atoms with Crippen LogP contribution in [0.4, 0.5) is 8.78 Å². The molecule has 4 aliphatic rings. The van der Waals surface area contributed by atoms with E-state index < -0.39 is 6.61 Å². The number of nitrogens with one attached hydrogen (secondary N) is 1. The van der Waals surface area contributed by atoms with Crippen LogP contribution in [0.15, 0.2) is 18.2 Å². The van der Waals surface area contributed by atoms with Crippen LogP contribution in [0, 0.1) is 23.2 Å². The third-order valence-electron chi connectivity index (χ3n) is 7.07. The molecule has 4 aliphatic carbocycles. The van der Waals surface area contributed by atoms with Gasteiger partial charge < -0.3 is 14.8 Å². The van der Waals surface area contributed by atoms with Gasteiger partial charge in [0.1, 0.15) is 0 Å². The second kappa shape index (κ2) is 7.53. The summed E-state index contributed by atoms with van der Waals surface area (Å²) in [6, 6.07) is 4.48. The smallest absolute Gasteiger partial charge is 0.387 e. The third kappa shape index (κ3) is 3.70. The first-order valence-corrected chi connectivity index (χ1v) is 10.4. The Bertz CT molecular complexity index is 701. The summed E-state index contributed by atoms with van der Waals surface area (Å²) < 4.78 is 35.0. The van der Waals surface area contributed by atoms with Crippen LogP contribution in [0.1, 0.15) is 62.7 Å². The summed E-state index contributed by atoms with van der Waals surface area (Å²) in [7, 11) is 0. The van der Waals surface area contributed by atoms with E-state index in [1.807, 2.05) is 0 Å². The SMILES string of the molecule is CCOc1cc(C(=O)NC(C)C23CC4CC(CC(C4)C2)C3)ccc1OC(F)F. The molecule has 4 saturated carbocycles. The fraction of sp³-hybridized carbons (Fsp3) is 0.682. The lowest BCUT2D eigenvalue weighted by Gasteiger charge is -2.59. The van der Waals surface area contributed by atoms with Gasteiger partial charge in [-0.15, -0.1) is 0 Å². The van der Waals surface area contributed by atoms with Crippen molar-refractivity contribution < 1.29 is 23.0 Å². The van der Waals surface area contributed by atoms with Crippen molar-refractivity contribution in [3.8, 4) is 11.5 Å². The van der Waals surface area contributed by atoms with Crippen LogP contribution in [0.3, 0.4) is 0 Å². The van der Waals surface area contributed by atoms with Gasteiger partial charge in [0.25, 0.3) is 5.91 Å². The Kier molecular flexibility index (Phi) is 5.23. The maximum atomic E-state index is 12.9. The van der Waals surface area contributed by atoms with E-state index >= 15 is 0 Å². The van der Waals surface area contributed by atoms with Gasteiger partial charge in [-0.05, 0) is 93.7 Å². The predicted octanol–water partition coefficient (Wildman–Crippen LogP) is 5.02. The number of amides is 1. The van der Waals surface area contributed by atoms with Crippen molar-refractivity contribution in [1.82, 2.24) is 5.32 Å². The molecule has 0 radical (unpaired) electrons. The van der Waals surface area contributed by atoms with Gasteiger partial charge >= 0.3 is 6.61 Å². The second-order valence-corrected chi connectivity index (χ2v) is 8.95. The molecule has 1 N–H and O–H groups in total. The standard InChI is InChI=1S/C22H29F2NO3/c1-3-27-19-9-17(4-5-18(19)28-21(23)24)20(26)25-13(2)22-10-14-6-15(11-22)8-16(7-14)12-22/h4-5,9,13-16,21H,3,6-8,10-12H2,1-2H3,(H,25,26). The Morgan fingerprint density at radius 1 is 1.14 bits per heavy atom. The van der Waals surface area contributed by atoms with E-state index in [1.54, 1.807) is 6.92 Å². The Balaban J connectivity index is 1.48. The molecule has 1 atom stereocenters. The minimum absolute atomic E-state index is 0.0532. The van der Waals surface area contributed by atoms with Crippen molar-refractivity contribution in [2.45, 2.75) is 65.0 Å². The van der Waals surface area contributed by atoms with Crippen LogP contribution in [0.2, 0.25) is 0 Å². The first-order valence-electron chi connectivity index (χ1n) is 10.4. The zero-order valence-electron chi connectivity index (χ0n) is 16.5. The molecule has 6 heteroatoms. The monoisotopic (exact) mass is 393 g/mol. The van der Waals surface area contributed by atoms with Crippen LogP contribution >= 0.6 is 0 Å². The summed E-state index contributed by atoms with van der Waals surface area (Å²) in [6.07, 6.45) is 7.74. The van der Waals surface area contributed by atoms with Crippen LogP contribution in [-0.4, -0.2) is 25.2 Å². The van der Waals surface area contributed by atoms with E-state index in [2.05, 4.69) is 17.0 Å². The van der Waals surface area contributed by atoms with E-state index in [1.165, 1.54) is 56.7 Å². The van der Waals surface area contributed by atoms with Crippen LogP contribution in [0.25, 0.3) is 0 Å². The summed E-state index contributed by atoms with van der Waals surface area (Å²) in [6.45, 7) is 1.25. The molecule has 28 heavy (non-hydrogen) atoms. The normalized spacial score (nSPS) is 31.7. The molecule has 4 fully saturated rings. The number of carbonyl (C=O) groups is 1. The summed E-state index contributed by atoms with van der Waals surface area (Å²) in [5.41, 5.74) is 0.618. The summed E-state index contributed by atoms with van der Waals surface area (Å²) in [4.78, 5) is 12.9. The number of alkyl halides is 2. The highest BCUT2D eigenvalue weighted by atomic mass is 19.3. The summed E-state index contributed by atoms with van der Waals surface area (Å²) in [5.74, 6) is 2.39. The highest BCUT2D eigenvalue weighted by Gasteiger charge is 2.53. The van der Waals surface area contributed by atoms with E-state index in [-0.39, 0.29) is 28.9 Å². The van der Waals surface area contributed by atoms with Gasteiger partial charge in [-0.25, -0.2) is 0 Å². The van der Waals surface area contributed by atoms with Gasteiger partial charge in [0.05, 0.1) is 6.61 Å². The van der Waals surface area contributed by atoms with Crippen molar-refractivity contribution in [3.63, 3.8) is 0 Å². The van der Waals surface area contributed by atoms with E-state index in [4.69, 9.17) is 4.74 Å². The average Bonchev–Trinajstić information content (AvgIpc) is 2.61. The average molecular weight is 393 g/mol. The lowest BCUT2D eigenvalue weighted by Crippen LogP contribution is -2.55. The third-order valence-corrected chi connectivity index (χ3v) is 7.07. The Morgan fingerprint density at radius 3 is 2.29 bits per heavy atom. The molecule has 0 aromatic heterocycles. The van der Waals surface area contributed by atoms with Gasteiger partial charge in [-0.3, -0.25) is 4.79 Å². The van der Waals surface area contributed by atoms with Crippen LogP contribution in [-0.2, 0) is 0 Å². The lowest BCUT2D eigenvalue weighted by molar-refractivity contribution is -0.0688. The second-order valence-electron chi connectivity index (χ2n) is 8.95. The maximum Gasteiger partial charge on any atom is 0.387 e. The molecule has 1 unspecified atom stereocenters. The number of benzene rings is 1. The Labute approximate surface area is 165 Å². The number of carbonyl (C=O) groups excluding carboxylic acids is 1. The zero-order chi connectivity index (χ0) is 19.9. The molecule has 1 aromatic rings. The van der Waals surface area contributed by atoms with Gasteiger partial charge in [-0.2, -0.15) is 8.78 Å². The van der Waals surface area contributed by atoms with E-state index in [9.17, 15) is 13.6 Å². The Morgan fingerprint density at radius 2 is 1.75 bits per heavy atom. The maximum absolute atomic E-state index is 12.9. The predicted molar refractivity (Wildman–Crippen MR) is 102 cm³/mol. The first kappa shape index (κ1) is 19.5. The topological polar surface area (TPSA) is 47.6 Å². The molecule has 0 aliphatic heterocycles. The molecule has 5 rings (SSSR count). The molecular weight excluding hydrogens is 364 g/mol. The van der Waals surface area contributed by atoms with Gasteiger partial charge in [0, 0.05) is 11.6 Å². The summed E-state index contributed by atoms with van der Waals surface area (Å²) >= 11 is 0. The van der Waals surface area contributed by atoms with Crippen molar-refractivity contribution in [2.24, 2.45) is 23.2 Å². The largest absolute Gasteiger partial charge is 0.490 e. The minimum atomic E-state index is -2.94. The lowest BCUT2D eigenvalue weighted by atomic mass is 9.48. The first-order chi connectivity index (χ1) is 13.4. The van der Waals surface area contributed by atoms with Crippen molar-refractivity contribution >= 4 is 5.91 Å². The molecule has 4 bridgehead atoms. The van der Waals surface area contributed by atoms with Gasteiger partial charge in [-0.1, -0.05) is 0 Å². The van der Waals surface area contributed by atoms with Gasteiger partial charge in [0.2, 0.25) is 0 Å². The highest BCUT2D eigenvalue weighted by molar-refractivity contribution is 5.95. The quantitative estimate of drug-likeness (QED) is 0.707. The number of hydrogen-bond acceptors (Lipinski definition) is 3. The highest BCUT2D eigenvalue weighted by Crippen LogP contribution is 2.61. The molecule has 1 amide bonds. The molecule has 4 nitrogen and oxygen atoms in total. The number of halogens is 2. The number of hydrogen-bond donors (Lipinski definition) is 1. The molecular formula is C22H29F2NO3.